The third-order valence-electron chi connectivity index (χ3n) is 4.05. The van der Waals surface area contributed by atoms with Gasteiger partial charge in [0.25, 0.3) is 0 Å². The molecule has 0 aromatic heterocycles. The molecule has 0 bridgehead atoms. The van der Waals surface area contributed by atoms with Gasteiger partial charge in [0, 0.05) is 27.6 Å². The maximum atomic E-state index is 3.82. The van der Waals surface area contributed by atoms with Crippen LogP contribution in [0.5, 0.6) is 0 Å². The Bertz CT molecular complexity index is 452. The number of halogens is 1. The molecule has 20 heavy (non-hydrogen) atoms. The average Bonchev–Trinajstić information content (AvgIpc) is 2.24. The van der Waals surface area contributed by atoms with Crippen LogP contribution in [0.4, 0.5) is 0 Å². The summed E-state index contributed by atoms with van der Waals surface area (Å²) in [4.78, 5) is 0. The quantitative estimate of drug-likeness (QED) is 0.852. The average molecular weight is 339 g/mol. The molecule has 0 saturated carbocycles. The molecule has 1 fully saturated rings. The Morgan fingerprint density at radius 1 is 1.15 bits per heavy atom. The van der Waals surface area contributed by atoms with Gasteiger partial charge in [0.1, 0.15) is 0 Å². The minimum Gasteiger partial charge on any atom is -0.307 e. The maximum Gasteiger partial charge on any atom is 0.0305 e. The van der Waals surface area contributed by atoms with Gasteiger partial charge in [-0.15, -0.1) is 0 Å². The molecule has 2 N–H and O–H groups in total. The third-order valence-corrected chi connectivity index (χ3v) is 4.77. The molecule has 0 radical (unpaired) electrons. The molecule has 0 amide bonds. The zero-order valence-electron chi connectivity index (χ0n) is 13.3. The van der Waals surface area contributed by atoms with Crippen LogP contribution in [-0.2, 0) is 0 Å². The van der Waals surface area contributed by atoms with Gasteiger partial charge in [0.15, 0.2) is 0 Å². The second-order valence-electron chi connectivity index (χ2n) is 7.41. The lowest BCUT2D eigenvalue weighted by Gasteiger charge is -2.47. The van der Waals surface area contributed by atoms with Gasteiger partial charge in [-0.2, -0.15) is 0 Å². The fourth-order valence-corrected chi connectivity index (χ4v) is 4.34. The van der Waals surface area contributed by atoms with Gasteiger partial charge in [-0.1, -0.05) is 34.1 Å². The van der Waals surface area contributed by atoms with Gasteiger partial charge in [-0.3, -0.25) is 0 Å². The number of piperidine rings is 1. The summed E-state index contributed by atoms with van der Waals surface area (Å²) in [7, 11) is 0. The Labute approximate surface area is 131 Å². The summed E-state index contributed by atoms with van der Waals surface area (Å²) < 4.78 is 1.19. The summed E-state index contributed by atoms with van der Waals surface area (Å²) >= 11 is 3.65. The molecular formula is C17H27BrN2. The van der Waals surface area contributed by atoms with Gasteiger partial charge >= 0.3 is 0 Å². The van der Waals surface area contributed by atoms with Crippen LogP contribution in [0.3, 0.4) is 0 Å². The fourth-order valence-electron chi connectivity index (χ4n) is 3.71. The molecule has 1 aromatic rings. The van der Waals surface area contributed by atoms with E-state index in [1.807, 2.05) is 0 Å². The summed E-state index contributed by atoms with van der Waals surface area (Å²) in [6.45, 7) is 11.4. The second-order valence-corrected chi connectivity index (χ2v) is 8.26. The van der Waals surface area contributed by atoms with Crippen molar-refractivity contribution in [1.82, 2.24) is 10.6 Å². The first-order chi connectivity index (χ1) is 9.19. The molecular weight excluding hydrogens is 312 g/mol. The molecule has 1 heterocycles. The summed E-state index contributed by atoms with van der Waals surface area (Å²) in [6.07, 6.45) is 2.32. The lowest BCUT2D eigenvalue weighted by Crippen LogP contribution is -2.61. The van der Waals surface area contributed by atoms with Gasteiger partial charge in [0.05, 0.1) is 0 Å². The van der Waals surface area contributed by atoms with Crippen molar-refractivity contribution in [3.05, 3.63) is 34.3 Å². The van der Waals surface area contributed by atoms with Crippen molar-refractivity contribution in [1.29, 1.82) is 0 Å². The van der Waals surface area contributed by atoms with E-state index in [1.54, 1.807) is 0 Å². The summed E-state index contributed by atoms with van der Waals surface area (Å²) in [5.74, 6) is 0. The molecule has 1 unspecified atom stereocenters. The van der Waals surface area contributed by atoms with Crippen LogP contribution >= 0.6 is 15.9 Å². The number of hydrogen-bond acceptors (Lipinski definition) is 2. The Morgan fingerprint density at radius 3 is 2.25 bits per heavy atom. The molecule has 1 aromatic carbocycles. The van der Waals surface area contributed by atoms with Gasteiger partial charge in [-0.25, -0.2) is 0 Å². The van der Waals surface area contributed by atoms with Crippen LogP contribution in [0.2, 0.25) is 0 Å². The van der Waals surface area contributed by atoms with E-state index in [-0.39, 0.29) is 11.1 Å². The largest absolute Gasteiger partial charge is 0.307 e. The molecule has 1 saturated heterocycles. The van der Waals surface area contributed by atoms with Crippen molar-refractivity contribution >= 4 is 15.9 Å². The fraction of sp³-hybridized carbons (Fsp3) is 0.647. The van der Waals surface area contributed by atoms with Crippen LogP contribution in [0.25, 0.3) is 0 Å². The molecule has 2 rings (SSSR count). The minimum absolute atomic E-state index is 0.188. The summed E-state index contributed by atoms with van der Waals surface area (Å²) in [6, 6.07) is 9.39. The smallest absolute Gasteiger partial charge is 0.0305 e. The molecule has 2 nitrogen and oxygen atoms in total. The number of hydrogen-bond donors (Lipinski definition) is 2. The molecule has 3 heteroatoms. The van der Waals surface area contributed by atoms with Crippen molar-refractivity contribution in [2.75, 3.05) is 0 Å². The molecule has 0 spiro atoms. The first-order valence-electron chi connectivity index (χ1n) is 7.48. The van der Waals surface area contributed by atoms with Crippen LogP contribution in [0.15, 0.2) is 28.7 Å². The lowest BCUT2D eigenvalue weighted by molar-refractivity contribution is 0.141. The van der Waals surface area contributed by atoms with E-state index in [2.05, 4.69) is 85.4 Å². The zero-order chi connectivity index (χ0) is 15.0. The number of rotatable bonds is 3. The SMILES string of the molecule is CC(NC1CC(C)(C)NC(C)(C)C1)c1ccccc1Br. The Kier molecular flexibility index (Phi) is 4.63. The molecule has 1 atom stereocenters. The van der Waals surface area contributed by atoms with Crippen molar-refractivity contribution < 1.29 is 0 Å². The normalized spacial score (nSPS) is 23.5. The van der Waals surface area contributed by atoms with E-state index in [4.69, 9.17) is 0 Å². The molecule has 112 valence electrons. The first-order valence-corrected chi connectivity index (χ1v) is 8.28. The zero-order valence-corrected chi connectivity index (χ0v) is 14.8. The van der Waals surface area contributed by atoms with Crippen LogP contribution in [0, 0.1) is 0 Å². The Hall–Kier alpha value is -0.380. The highest BCUT2D eigenvalue weighted by atomic mass is 79.9. The predicted molar refractivity (Wildman–Crippen MR) is 90.0 cm³/mol. The van der Waals surface area contributed by atoms with E-state index in [0.717, 1.165) is 12.8 Å². The van der Waals surface area contributed by atoms with Crippen LogP contribution in [0.1, 0.15) is 59.1 Å². The van der Waals surface area contributed by atoms with Gasteiger partial charge < -0.3 is 10.6 Å². The van der Waals surface area contributed by atoms with E-state index >= 15 is 0 Å². The number of benzene rings is 1. The van der Waals surface area contributed by atoms with E-state index in [1.165, 1.54) is 10.0 Å². The molecule has 1 aliphatic heterocycles. The van der Waals surface area contributed by atoms with Crippen LogP contribution < -0.4 is 10.6 Å². The van der Waals surface area contributed by atoms with Crippen LogP contribution in [-0.4, -0.2) is 17.1 Å². The van der Waals surface area contributed by atoms with Crippen molar-refractivity contribution in [2.24, 2.45) is 0 Å². The summed E-state index contributed by atoms with van der Waals surface area (Å²) in [5.41, 5.74) is 1.71. The second kappa shape index (κ2) is 5.78. The highest BCUT2D eigenvalue weighted by Crippen LogP contribution is 2.31. The first kappa shape index (κ1) is 16.0. The third kappa shape index (κ3) is 4.06. The molecule has 1 aliphatic rings. The minimum atomic E-state index is 0.188. The Balaban J connectivity index is 2.08. The van der Waals surface area contributed by atoms with Crippen molar-refractivity contribution in [3.8, 4) is 0 Å². The van der Waals surface area contributed by atoms with E-state index in [0.29, 0.717) is 12.1 Å². The topological polar surface area (TPSA) is 24.1 Å². The van der Waals surface area contributed by atoms with Gasteiger partial charge in [0.2, 0.25) is 0 Å². The van der Waals surface area contributed by atoms with Crippen molar-refractivity contribution in [2.45, 2.75) is 70.6 Å². The highest BCUT2D eigenvalue weighted by molar-refractivity contribution is 9.10. The van der Waals surface area contributed by atoms with Crippen molar-refractivity contribution in [3.63, 3.8) is 0 Å². The van der Waals surface area contributed by atoms with E-state index < -0.39 is 0 Å². The van der Waals surface area contributed by atoms with Gasteiger partial charge in [-0.05, 0) is 59.1 Å². The number of nitrogens with one attached hydrogen (secondary N) is 2. The van der Waals surface area contributed by atoms with E-state index in [9.17, 15) is 0 Å². The summed E-state index contributed by atoms with van der Waals surface area (Å²) in [5, 5.41) is 7.55. The standard InChI is InChI=1S/C17H27BrN2/c1-12(14-8-6-7-9-15(14)18)19-13-10-16(2,3)20-17(4,5)11-13/h6-9,12-13,19-20H,10-11H2,1-5H3. The monoisotopic (exact) mass is 338 g/mol. The predicted octanol–water partition coefficient (Wildman–Crippen LogP) is 4.41. The molecule has 0 aliphatic carbocycles. The lowest BCUT2D eigenvalue weighted by atomic mass is 9.79. The maximum absolute atomic E-state index is 3.82. The Morgan fingerprint density at radius 2 is 1.70 bits per heavy atom. The highest BCUT2D eigenvalue weighted by Gasteiger charge is 2.37.